The van der Waals surface area contributed by atoms with Crippen molar-refractivity contribution in [1.29, 1.82) is 0 Å². The van der Waals surface area contributed by atoms with E-state index >= 15 is 0 Å². The van der Waals surface area contributed by atoms with Crippen molar-refractivity contribution in [1.82, 2.24) is 0 Å². The van der Waals surface area contributed by atoms with Crippen molar-refractivity contribution in [2.45, 2.75) is 0 Å². The molecule has 2 aromatic heterocycles. The van der Waals surface area contributed by atoms with Gasteiger partial charge in [0.2, 0.25) is 0 Å². The van der Waals surface area contributed by atoms with E-state index in [0.29, 0.717) is 0 Å². The minimum Gasteiger partial charge on any atom is -0.456 e. The number of furan rings is 1. The monoisotopic (exact) mass is 452 g/mol. The van der Waals surface area contributed by atoms with Gasteiger partial charge in [-0.15, -0.1) is 11.3 Å². The molecule has 0 aliphatic rings. The zero-order chi connectivity index (χ0) is 22.5. The lowest BCUT2D eigenvalue weighted by Gasteiger charge is -2.11. The Labute approximate surface area is 201 Å². The second kappa shape index (κ2) is 7.72. The molecule has 2 heteroatoms. The van der Waals surface area contributed by atoms with Gasteiger partial charge in [0, 0.05) is 42.4 Å². The van der Waals surface area contributed by atoms with Gasteiger partial charge in [0.05, 0.1) is 0 Å². The smallest absolute Gasteiger partial charge is 0.136 e. The van der Waals surface area contributed by atoms with Crippen LogP contribution in [0.5, 0.6) is 0 Å². The van der Waals surface area contributed by atoms with Crippen molar-refractivity contribution >= 4 is 44.0 Å². The van der Waals surface area contributed by atoms with E-state index in [0.717, 1.165) is 16.6 Å². The van der Waals surface area contributed by atoms with Crippen molar-refractivity contribution in [3.05, 3.63) is 121 Å². The molecule has 0 unspecified atom stereocenters. The Kier molecular flexibility index (Phi) is 4.39. The summed E-state index contributed by atoms with van der Waals surface area (Å²) in [6.07, 6.45) is 0. The van der Waals surface area contributed by atoms with Crippen LogP contribution in [0.4, 0.5) is 0 Å². The summed E-state index contributed by atoms with van der Waals surface area (Å²) in [6.45, 7) is 0. The van der Waals surface area contributed by atoms with Gasteiger partial charge in [-0.3, -0.25) is 0 Å². The van der Waals surface area contributed by atoms with Crippen molar-refractivity contribution < 1.29 is 4.42 Å². The van der Waals surface area contributed by atoms with Crippen LogP contribution in [0, 0.1) is 0 Å². The fourth-order valence-electron chi connectivity index (χ4n) is 5.01. The van der Waals surface area contributed by atoms with Crippen LogP contribution in [0.2, 0.25) is 0 Å². The summed E-state index contributed by atoms with van der Waals surface area (Å²) in [6, 6.07) is 42.9. The first-order chi connectivity index (χ1) is 16.9. The topological polar surface area (TPSA) is 13.1 Å². The van der Waals surface area contributed by atoms with Gasteiger partial charge >= 0.3 is 0 Å². The van der Waals surface area contributed by atoms with Gasteiger partial charge < -0.3 is 4.42 Å². The van der Waals surface area contributed by atoms with Crippen molar-refractivity contribution in [3.8, 4) is 32.0 Å². The zero-order valence-electron chi connectivity index (χ0n) is 18.4. The third-order valence-corrected chi connectivity index (χ3v) is 7.81. The van der Waals surface area contributed by atoms with Gasteiger partial charge in [0.25, 0.3) is 0 Å². The highest BCUT2D eigenvalue weighted by atomic mass is 32.1. The summed E-state index contributed by atoms with van der Waals surface area (Å²) in [5.74, 6) is 0. The summed E-state index contributed by atoms with van der Waals surface area (Å²) in [5, 5.41) is 4.92. The first-order valence-electron chi connectivity index (χ1n) is 11.5. The lowest BCUT2D eigenvalue weighted by Crippen LogP contribution is -1.85. The fraction of sp³-hybridized carbons (Fsp3) is 0. The summed E-state index contributed by atoms with van der Waals surface area (Å²) in [5.41, 5.74) is 6.78. The molecule has 0 aliphatic heterocycles. The van der Waals surface area contributed by atoms with Crippen LogP contribution < -0.4 is 0 Å². The molecule has 0 N–H and O–H groups in total. The minimum atomic E-state index is 0.924. The average Bonchev–Trinajstić information content (AvgIpc) is 3.48. The van der Waals surface area contributed by atoms with E-state index in [1.165, 1.54) is 48.2 Å². The van der Waals surface area contributed by atoms with E-state index in [1.807, 2.05) is 17.4 Å². The van der Waals surface area contributed by atoms with E-state index in [4.69, 9.17) is 4.42 Å². The van der Waals surface area contributed by atoms with Crippen LogP contribution in [0.1, 0.15) is 0 Å². The Hall–Kier alpha value is -4.14. The average molecular weight is 453 g/mol. The van der Waals surface area contributed by atoms with Gasteiger partial charge in [-0.25, -0.2) is 0 Å². The first kappa shape index (κ1) is 19.3. The minimum absolute atomic E-state index is 0.924. The summed E-state index contributed by atoms with van der Waals surface area (Å²) >= 11 is 1.87. The number of hydrogen-bond acceptors (Lipinski definition) is 2. The van der Waals surface area contributed by atoms with Gasteiger partial charge in [0.15, 0.2) is 0 Å². The molecule has 0 aliphatic carbocycles. The Morgan fingerprint density at radius 1 is 0.441 bits per heavy atom. The van der Waals surface area contributed by atoms with Crippen molar-refractivity contribution in [3.63, 3.8) is 0 Å². The summed E-state index contributed by atoms with van der Waals surface area (Å²) in [4.78, 5) is 2.60. The van der Waals surface area contributed by atoms with Gasteiger partial charge in [-0.1, -0.05) is 103 Å². The van der Waals surface area contributed by atoms with E-state index in [-0.39, 0.29) is 0 Å². The van der Waals surface area contributed by atoms with Crippen LogP contribution in [0.3, 0.4) is 0 Å². The highest BCUT2D eigenvalue weighted by Gasteiger charge is 2.21. The number of benzene rings is 5. The molecule has 34 heavy (non-hydrogen) atoms. The first-order valence-corrected chi connectivity index (χ1v) is 12.3. The van der Waals surface area contributed by atoms with Gasteiger partial charge in [-0.05, 0) is 29.3 Å². The highest BCUT2D eigenvalue weighted by molar-refractivity contribution is 7.21. The van der Waals surface area contributed by atoms with Crippen LogP contribution >= 0.6 is 11.3 Å². The number of fused-ring (bicyclic) bond motifs is 4. The molecule has 0 spiro atoms. The Morgan fingerprint density at radius 3 is 1.76 bits per heavy atom. The zero-order valence-corrected chi connectivity index (χ0v) is 19.2. The fourth-order valence-corrected chi connectivity index (χ4v) is 6.32. The van der Waals surface area contributed by atoms with Crippen LogP contribution in [0.25, 0.3) is 64.7 Å². The highest BCUT2D eigenvalue weighted by Crippen LogP contribution is 2.49. The predicted octanol–water partition coefficient (Wildman–Crippen LogP) is 9.80. The van der Waals surface area contributed by atoms with Crippen LogP contribution in [0.15, 0.2) is 126 Å². The van der Waals surface area contributed by atoms with E-state index in [2.05, 4.69) is 115 Å². The maximum atomic E-state index is 6.27. The van der Waals surface area contributed by atoms with Crippen molar-refractivity contribution in [2.75, 3.05) is 0 Å². The second-order valence-corrected chi connectivity index (χ2v) is 9.52. The quantitative estimate of drug-likeness (QED) is 0.260. The van der Waals surface area contributed by atoms with E-state index in [1.54, 1.807) is 0 Å². The predicted molar refractivity (Wildman–Crippen MR) is 145 cm³/mol. The molecule has 0 amide bonds. The molecule has 1 nitrogen and oxygen atoms in total. The lowest BCUT2D eigenvalue weighted by molar-refractivity contribution is 0.669. The second-order valence-electron chi connectivity index (χ2n) is 8.50. The molecule has 0 saturated carbocycles. The molecule has 2 heterocycles. The van der Waals surface area contributed by atoms with Crippen molar-refractivity contribution in [2.24, 2.45) is 0 Å². The molecule has 5 aromatic carbocycles. The van der Waals surface area contributed by atoms with Crippen LogP contribution in [-0.4, -0.2) is 0 Å². The molecule has 7 aromatic rings. The Balaban J connectivity index is 1.62. The number of hydrogen-bond donors (Lipinski definition) is 0. The van der Waals surface area contributed by atoms with E-state index < -0.39 is 0 Å². The summed E-state index contributed by atoms with van der Waals surface area (Å²) < 4.78 is 6.27. The Bertz CT molecular complexity index is 1790. The largest absolute Gasteiger partial charge is 0.456 e. The van der Waals surface area contributed by atoms with Crippen LogP contribution in [-0.2, 0) is 0 Å². The number of para-hydroxylation sites is 1. The molecule has 0 atom stereocenters. The molecular weight excluding hydrogens is 432 g/mol. The SMILES string of the molecule is c1ccc(-c2sc(-c3ccc4oc5ccccc5c4c3-c3ccccc3)c3ccccc23)cc1. The lowest BCUT2D eigenvalue weighted by atomic mass is 9.92. The standard InChI is InChI=1S/C32H20OS/c1-3-11-21(12-4-1)29-26(19-20-28-30(29)25-17-9-10-18-27(25)33-28)32-24-16-8-7-15-23(24)31(34-32)22-13-5-2-6-14-22/h1-20H. The molecular formula is C32H20OS. The molecule has 7 rings (SSSR count). The molecule has 0 saturated heterocycles. The molecule has 0 bridgehead atoms. The maximum Gasteiger partial charge on any atom is 0.136 e. The van der Waals surface area contributed by atoms with Gasteiger partial charge in [-0.2, -0.15) is 0 Å². The maximum absolute atomic E-state index is 6.27. The normalized spacial score (nSPS) is 11.5. The third-order valence-electron chi connectivity index (χ3n) is 6.51. The van der Waals surface area contributed by atoms with Gasteiger partial charge in [0.1, 0.15) is 11.2 Å². The molecule has 0 radical (unpaired) electrons. The number of thiophene rings is 1. The molecule has 160 valence electrons. The third kappa shape index (κ3) is 2.93. The Morgan fingerprint density at radius 2 is 1.03 bits per heavy atom. The number of rotatable bonds is 3. The molecule has 0 fully saturated rings. The van der Waals surface area contributed by atoms with E-state index in [9.17, 15) is 0 Å². The summed E-state index contributed by atoms with van der Waals surface area (Å²) in [7, 11) is 0.